The average molecular weight is 333 g/mol. The highest BCUT2D eigenvalue weighted by Gasteiger charge is 2.15. The van der Waals surface area contributed by atoms with Crippen molar-refractivity contribution in [2.45, 2.75) is 20.0 Å². The van der Waals surface area contributed by atoms with Gasteiger partial charge in [0, 0.05) is 13.1 Å². The van der Waals surface area contributed by atoms with Crippen LogP contribution < -0.4 is 15.4 Å². The van der Waals surface area contributed by atoms with Crippen LogP contribution in [0.2, 0.25) is 0 Å². The monoisotopic (exact) mass is 332 g/mol. The van der Waals surface area contributed by atoms with Gasteiger partial charge in [-0.2, -0.15) is 0 Å². The van der Waals surface area contributed by atoms with Crippen molar-refractivity contribution in [3.05, 3.63) is 28.5 Å². The zero-order valence-electron chi connectivity index (χ0n) is 11.0. The summed E-state index contributed by atoms with van der Waals surface area (Å²) < 4.78 is 18.9. The average Bonchev–Trinajstić information content (AvgIpc) is 2.37. The number of ether oxygens (including phenoxy) is 1. The third-order valence-corrected chi connectivity index (χ3v) is 3.04. The predicted octanol–water partition coefficient (Wildman–Crippen LogP) is 2.08. The van der Waals surface area contributed by atoms with Crippen LogP contribution in [0.1, 0.15) is 13.8 Å². The Kier molecular flexibility index (Phi) is 6.80. The van der Waals surface area contributed by atoms with Crippen LogP contribution >= 0.6 is 15.9 Å². The molecule has 0 spiro atoms. The summed E-state index contributed by atoms with van der Waals surface area (Å²) in [6.45, 7) is 5.78. The third-order valence-electron chi connectivity index (χ3n) is 2.42. The molecule has 4 nitrogen and oxygen atoms in total. The highest BCUT2D eigenvalue weighted by Crippen LogP contribution is 2.26. The first-order chi connectivity index (χ1) is 9.04. The molecule has 106 valence electrons. The minimum Gasteiger partial charge on any atom is -0.480 e. The Bertz CT molecular complexity index is 429. The molecule has 1 aromatic carbocycles. The largest absolute Gasteiger partial charge is 0.480 e. The first kappa shape index (κ1) is 15.9. The van der Waals surface area contributed by atoms with E-state index in [4.69, 9.17) is 4.74 Å². The number of carbonyl (C=O) groups excluding carboxylic acids is 1. The number of rotatable bonds is 7. The van der Waals surface area contributed by atoms with Crippen molar-refractivity contribution in [1.29, 1.82) is 0 Å². The normalized spacial score (nSPS) is 12.0. The van der Waals surface area contributed by atoms with Gasteiger partial charge in [-0.25, -0.2) is 4.39 Å². The molecule has 0 heterocycles. The molecular formula is C13H18BrFN2O2. The maximum Gasteiger partial charge on any atom is 0.260 e. The quantitative estimate of drug-likeness (QED) is 0.751. The number of hydrogen-bond donors (Lipinski definition) is 2. The van der Waals surface area contributed by atoms with E-state index < -0.39 is 6.10 Å². The molecule has 2 N–H and O–H groups in total. The second-order valence-electron chi connectivity index (χ2n) is 3.98. The van der Waals surface area contributed by atoms with Crippen molar-refractivity contribution >= 4 is 21.8 Å². The molecule has 1 atom stereocenters. The second kappa shape index (κ2) is 8.12. The van der Waals surface area contributed by atoms with E-state index in [1.807, 2.05) is 6.92 Å². The molecule has 0 fully saturated rings. The van der Waals surface area contributed by atoms with E-state index >= 15 is 0 Å². The molecule has 0 aliphatic rings. The molecular weight excluding hydrogens is 315 g/mol. The Morgan fingerprint density at radius 3 is 2.84 bits per heavy atom. The summed E-state index contributed by atoms with van der Waals surface area (Å²) in [5, 5.41) is 5.86. The molecule has 0 aliphatic carbocycles. The van der Waals surface area contributed by atoms with Crippen LogP contribution in [0.5, 0.6) is 5.75 Å². The van der Waals surface area contributed by atoms with Crippen LogP contribution in [0.25, 0.3) is 0 Å². The molecule has 0 aromatic heterocycles. The molecule has 0 saturated carbocycles. The van der Waals surface area contributed by atoms with Gasteiger partial charge in [0.1, 0.15) is 11.6 Å². The lowest BCUT2D eigenvalue weighted by atomic mass is 10.3. The van der Waals surface area contributed by atoms with Crippen molar-refractivity contribution in [3.63, 3.8) is 0 Å². The molecule has 0 radical (unpaired) electrons. The second-order valence-corrected chi connectivity index (χ2v) is 4.83. The maximum atomic E-state index is 12.9. The van der Waals surface area contributed by atoms with E-state index in [1.54, 1.807) is 6.92 Å². The van der Waals surface area contributed by atoms with Gasteiger partial charge >= 0.3 is 0 Å². The minimum atomic E-state index is -0.636. The molecule has 1 unspecified atom stereocenters. The van der Waals surface area contributed by atoms with Crippen LogP contribution in [0.15, 0.2) is 22.7 Å². The summed E-state index contributed by atoms with van der Waals surface area (Å²) in [5.74, 6) is -0.119. The molecule has 1 aromatic rings. The SMILES string of the molecule is CCNCCNC(=O)C(C)Oc1ccc(F)cc1Br. The van der Waals surface area contributed by atoms with E-state index in [-0.39, 0.29) is 11.7 Å². The number of nitrogens with one attached hydrogen (secondary N) is 2. The van der Waals surface area contributed by atoms with Crippen molar-refractivity contribution in [2.24, 2.45) is 0 Å². The van der Waals surface area contributed by atoms with Crippen molar-refractivity contribution in [1.82, 2.24) is 10.6 Å². The van der Waals surface area contributed by atoms with Crippen molar-refractivity contribution in [2.75, 3.05) is 19.6 Å². The highest BCUT2D eigenvalue weighted by molar-refractivity contribution is 9.10. The van der Waals surface area contributed by atoms with Crippen molar-refractivity contribution in [3.8, 4) is 5.75 Å². The van der Waals surface area contributed by atoms with Crippen LogP contribution in [0.3, 0.4) is 0 Å². The van der Waals surface area contributed by atoms with Gasteiger partial charge in [0.05, 0.1) is 4.47 Å². The third kappa shape index (κ3) is 5.57. The van der Waals surface area contributed by atoms with Crippen LogP contribution in [0, 0.1) is 5.82 Å². The molecule has 1 amide bonds. The van der Waals surface area contributed by atoms with Gasteiger partial charge in [0.15, 0.2) is 6.10 Å². The summed E-state index contributed by atoms with van der Waals surface area (Å²) in [4.78, 5) is 11.7. The fourth-order valence-corrected chi connectivity index (χ4v) is 1.85. The van der Waals surface area contributed by atoms with E-state index in [0.29, 0.717) is 16.8 Å². The summed E-state index contributed by atoms with van der Waals surface area (Å²) >= 11 is 3.19. The van der Waals surface area contributed by atoms with E-state index in [1.165, 1.54) is 18.2 Å². The zero-order valence-corrected chi connectivity index (χ0v) is 12.6. The van der Waals surface area contributed by atoms with Gasteiger partial charge in [-0.15, -0.1) is 0 Å². The Labute approximate surface area is 120 Å². The van der Waals surface area contributed by atoms with Crippen LogP contribution in [-0.2, 0) is 4.79 Å². The Balaban J connectivity index is 2.45. The zero-order chi connectivity index (χ0) is 14.3. The first-order valence-electron chi connectivity index (χ1n) is 6.14. The summed E-state index contributed by atoms with van der Waals surface area (Å²) in [5.41, 5.74) is 0. The smallest absolute Gasteiger partial charge is 0.260 e. The van der Waals surface area contributed by atoms with Gasteiger partial charge < -0.3 is 15.4 Å². The predicted molar refractivity (Wildman–Crippen MR) is 75.7 cm³/mol. The fourth-order valence-electron chi connectivity index (χ4n) is 1.41. The fraction of sp³-hybridized carbons (Fsp3) is 0.462. The number of carbonyl (C=O) groups is 1. The molecule has 0 aliphatic heterocycles. The molecule has 19 heavy (non-hydrogen) atoms. The highest BCUT2D eigenvalue weighted by atomic mass is 79.9. The van der Waals surface area contributed by atoms with E-state index in [0.717, 1.165) is 13.1 Å². The van der Waals surface area contributed by atoms with Crippen LogP contribution in [-0.4, -0.2) is 31.6 Å². The van der Waals surface area contributed by atoms with Gasteiger partial charge in [-0.3, -0.25) is 4.79 Å². The van der Waals surface area contributed by atoms with Gasteiger partial charge in [-0.05, 0) is 47.6 Å². The molecule has 0 saturated heterocycles. The van der Waals surface area contributed by atoms with Gasteiger partial charge in [0.2, 0.25) is 0 Å². The number of likely N-dealkylation sites (N-methyl/N-ethyl adjacent to an activating group) is 1. The van der Waals surface area contributed by atoms with E-state index in [9.17, 15) is 9.18 Å². The summed E-state index contributed by atoms with van der Waals surface area (Å²) in [6, 6.07) is 4.07. The number of hydrogen-bond acceptors (Lipinski definition) is 3. The molecule has 1 rings (SSSR count). The molecule has 0 bridgehead atoms. The number of benzene rings is 1. The standard InChI is InChI=1S/C13H18BrFN2O2/c1-3-16-6-7-17-13(18)9(2)19-12-5-4-10(15)8-11(12)14/h4-5,8-9,16H,3,6-7H2,1-2H3,(H,17,18). The minimum absolute atomic E-state index is 0.200. The van der Waals surface area contributed by atoms with Crippen LogP contribution in [0.4, 0.5) is 4.39 Å². The van der Waals surface area contributed by atoms with E-state index in [2.05, 4.69) is 26.6 Å². The van der Waals surface area contributed by atoms with Crippen molar-refractivity contribution < 1.29 is 13.9 Å². The Morgan fingerprint density at radius 1 is 1.47 bits per heavy atom. The summed E-state index contributed by atoms with van der Waals surface area (Å²) in [6.07, 6.45) is -0.636. The Hall–Kier alpha value is -1.14. The molecule has 6 heteroatoms. The topological polar surface area (TPSA) is 50.4 Å². The maximum absolute atomic E-state index is 12.9. The first-order valence-corrected chi connectivity index (χ1v) is 6.94. The van der Waals surface area contributed by atoms with Gasteiger partial charge in [-0.1, -0.05) is 6.92 Å². The summed E-state index contributed by atoms with van der Waals surface area (Å²) in [7, 11) is 0. The lowest BCUT2D eigenvalue weighted by molar-refractivity contribution is -0.127. The Morgan fingerprint density at radius 2 is 2.21 bits per heavy atom. The lowest BCUT2D eigenvalue weighted by Crippen LogP contribution is -2.39. The number of halogens is 2. The lowest BCUT2D eigenvalue weighted by Gasteiger charge is -2.15. The van der Waals surface area contributed by atoms with Gasteiger partial charge in [0.25, 0.3) is 5.91 Å². The number of amides is 1.